The molecular formula is C16H15BrN2O3. The molecule has 3 amide bonds. The van der Waals surface area contributed by atoms with Crippen LogP contribution >= 0.6 is 15.9 Å². The maximum atomic E-state index is 12.1. The van der Waals surface area contributed by atoms with Gasteiger partial charge >= 0.3 is 6.03 Å². The van der Waals surface area contributed by atoms with Gasteiger partial charge < -0.3 is 10.1 Å². The number of nitrogens with zero attached hydrogens (tertiary/aromatic N) is 1. The highest BCUT2D eigenvalue weighted by molar-refractivity contribution is 9.10. The molecule has 0 spiro atoms. The van der Waals surface area contributed by atoms with Crippen molar-refractivity contribution in [3.8, 4) is 18.1 Å². The number of hydrogen-bond donors (Lipinski definition) is 1. The van der Waals surface area contributed by atoms with Gasteiger partial charge in [0.25, 0.3) is 5.91 Å². The van der Waals surface area contributed by atoms with Crippen molar-refractivity contribution in [1.82, 2.24) is 10.2 Å². The van der Waals surface area contributed by atoms with Crippen molar-refractivity contribution in [2.75, 3.05) is 13.2 Å². The van der Waals surface area contributed by atoms with E-state index in [0.717, 1.165) is 16.5 Å². The van der Waals surface area contributed by atoms with Crippen molar-refractivity contribution in [3.05, 3.63) is 33.9 Å². The van der Waals surface area contributed by atoms with Gasteiger partial charge in [-0.2, -0.15) is 0 Å². The minimum atomic E-state index is -0.383. The number of hydrogen-bond acceptors (Lipinski definition) is 3. The highest BCUT2D eigenvalue weighted by atomic mass is 79.9. The first-order valence-corrected chi connectivity index (χ1v) is 7.56. The first-order valence-electron chi connectivity index (χ1n) is 6.77. The maximum absolute atomic E-state index is 12.1. The number of terminal acetylenes is 1. The molecule has 114 valence electrons. The standard InChI is InChI=1S/C16H15BrN2O3/c1-3-7-19-15(20)13(18-16(19)21)10-11-5-6-14(12(17)9-11)22-8-4-2/h2,5-6,9-10H,3,7-8H2,1H3,(H,18,21)/b13-10+. The van der Waals surface area contributed by atoms with Crippen LogP contribution in [0.2, 0.25) is 0 Å². The summed E-state index contributed by atoms with van der Waals surface area (Å²) in [4.78, 5) is 25.0. The van der Waals surface area contributed by atoms with E-state index >= 15 is 0 Å². The quantitative estimate of drug-likeness (QED) is 0.497. The molecule has 1 saturated heterocycles. The molecule has 0 saturated carbocycles. The zero-order valence-corrected chi connectivity index (χ0v) is 13.6. The molecule has 1 aliphatic heterocycles. The van der Waals surface area contributed by atoms with Crippen LogP contribution in [0.15, 0.2) is 28.4 Å². The van der Waals surface area contributed by atoms with Crippen molar-refractivity contribution in [3.63, 3.8) is 0 Å². The van der Waals surface area contributed by atoms with Gasteiger partial charge in [-0.15, -0.1) is 6.42 Å². The van der Waals surface area contributed by atoms with Gasteiger partial charge in [0.2, 0.25) is 0 Å². The Balaban J connectivity index is 2.20. The molecule has 1 fully saturated rings. The molecule has 0 radical (unpaired) electrons. The monoisotopic (exact) mass is 362 g/mol. The van der Waals surface area contributed by atoms with E-state index in [0.29, 0.717) is 12.3 Å². The van der Waals surface area contributed by atoms with Crippen LogP contribution in [0.4, 0.5) is 4.79 Å². The van der Waals surface area contributed by atoms with E-state index in [1.54, 1.807) is 24.3 Å². The van der Waals surface area contributed by atoms with E-state index in [-0.39, 0.29) is 24.2 Å². The number of halogens is 1. The lowest BCUT2D eigenvalue weighted by Gasteiger charge is -2.08. The maximum Gasteiger partial charge on any atom is 0.329 e. The fourth-order valence-electron chi connectivity index (χ4n) is 2.01. The number of imide groups is 1. The Bertz CT molecular complexity index is 676. The number of nitrogens with one attached hydrogen (secondary N) is 1. The van der Waals surface area contributed by atoms with Crippen molar-refractivity contribution in [2.24, 2.45) is 0 Å². The van der Waals surface area contributed by atoms with Gasteiger partial charge in [0.15, 0.2) is 0 Å². The minimum absolute atomic E-state index is 0.180. The van der Waals surface area contributed by atoms with E-state index in [1.165, 1.54) is 4.90 Å². The fourth-order valence-corrected chi connectivity index (χ4v) is 2.52. The van der Waals surface area contributed by atoms with Crippen LogP contribution in [0.3, 0.4) is 0 Å². The second-order valence-electron chi connectivity index (χ2n) is 4.63. The number of carbonyl (C=O) groups is 2. The van der Waals surface area contributed by atoms with Gasteiger partial charge in [0.05, 0.1) is 4.47 Å². The van der Waals surface area contributed by atoms with Gasteiger partial charge in [0, 0.05) is 6.54 Å². The third-order valence-corrected chi connectivity index (χ3v) is 3.61. The van der Waals surface area contributed by atoms with Gasteiger partial charge in [-0.05, 0) is 46.1 Å². The van der Waals surface area contributed by atoms with Crippen molar-refractivity contribution >= 4 is 33.9 Å². The van der Waals surface area contributed by atoms with Crippen LogP contribution in [0.25, 0.3) is 6.08 Å². The van der Waals surface area contributed by atoms with E-state index in [1.807, 2.05) is 6.92 Å². The second kappa shape index (κ2) is 7.14. The number of urea groups is 1. The van der Waals surface area contributed by atoms with Gasteiger partial charge in [-0.25, -0.2) is 4.79 Å². The third-order valence-electron chi connectivity index (χ3n) is 2.99. The predicted molar refractivity (Wildman–Crippen MR) is 87.0 cm³/mol. The molecule has 5 nitrogen and oxygen atoms in total. The number of carbonyl (C=O) groups excluding carboxylic acids is 2. The molecule has 2 rings (SSSR count). The van der Waals surface area contributed by atoms with Crippen molar-refractivity contribution in [1.29, 1.82) is 0 Å². The van der Waals surface area contributed by atoms with Crippen LogP contribution in [0, 0.1) is 12.3 Å². The Morgan fingerprint density at radius 1 is 1.45 bits per heavy atom. The zero-order chi connectivity index (χ0) is 16.1. The van der Waals surface area contributed by atoms with Gasteiger partial charge in [0.1, 0.15) is 18.1 Å². The van der Waals surface area contributed by atoms with Crippen molar-refractivity contribution < 1.29 is 14.3 Å². The highest BCUT2D eigenvalue weighted by Gasteiger charge is 2.32. The zero-order valence-electron chi connectivity index (χ0n) is 12.1. The number of rotatable bonds is 5. The lowest BCUT2D eigenvalue weighted by molar-refractivity contribution is -0.122. The number of amides is 3. The van der Waals surface area contributed by atoms with Crippen molar-refractivity contribution in [2.45, 2.75) is 13.3 Å². The highest BCUT2D eigenvalue weighted by Crippen LogP contribution is 2.27. The minimum Gasteiger partial charge on any atom is -0.480 e. The van der Waals surface area contributed by atoms with Crippen LogP contribution in [0.5, 0.6) is 5.75 Å². The van der Waals surface area contributed by atoms with E-state index in [9.17, 15) is 9.59 Å². The molecule has 1 N–H and O–H groups in total. The summed E-state index contributed by atoms with van der Waals surface area (Å²) in [7, 11) is 0. The average molecular weight is 363 g/mol. The summed E-state index contributed by atoms with van der Waals surface area (Å²) in [6.07, 6.45) is 7.50. The lowest BCUT2D eigenvalue weighted by atomic mass is 10.2. The Labute approximate surface area is 137 Å². The summed E-state index contributed by atoms with van der Waals surface area (Å²) in [6.45, 7) is 2.50. The molecule has 0 aromatic heterocycles. The summed E-state index contributed by atoms with van der Waals surface area (Å²) in [5.74, 6) is 2.70. The number of ether oxygens (including phenoxy) is 1. The molecule has 0 unspecified atom stereocenters. The Kier molecular flexibility index (Phi) is 5.23. The first kappa shape index (κ1) is 16.1. The normalized spacial score (nSPS) is 15.9. The number of benzene rings is 1. The fraction of sp³-hybridized carbons (Fsp3) is 0.250. The molecule has 1 aromatic carbocycles. The topological polar surface area (TPSA) is 58.6 Å². The molecule has 0 atom stereocenters. The molecule has 22 heavy (non-hydrogen) atoms. The molecule has 1 aliphatic rings. The Hall–Kier alpha value is -2.26. The largest absolute Gasteiger partial charge is 0.480 e. The molecule has 0 aliphatic carbocycles. The van der Waals surface area contributed by atoms with Gasteiger partial charge in [-0.3, -0.25) is 9.69 Å². The summed E-state index contributed by atoms with van der Waals surface area (Å²) in [5.41, 5.74) is 1.03. The van der Waals surface area contributed by atoms with Crippen LogP contribution in [-0.4, -0.2) is 30.0 Å². The summed E-state index contributed by atoms with van der Waals surface area (Å²) >= 11 is 3.38. The van der Waals surface area contributed by atoms with Crippen LogP contribution in [-0.2, 0) is 4.79 Å². The molecule has 6 heteroatoms. The molecular weight excluding hydrogens is 348 g/mol. The Morgan fingerprint density at radius 2 is 2.23 bits per heavy atom. The molecule has 1 heterocycles. The van der Waals surface area contributed by atoms with Gasteiger partial charge in [-0.1, -0.05) is 18.9 Å². The molecule has 0 bridgehead atoms. The molecule has 1 aromatic rings. The van der Waals surface area contributed by atoms with E-state index in [4.69, 9.17) is 11.2 Å². The summed E-state index contributed by atoms with van der Waals surface area (Å²) in [6, 6.07) is 4.94. The average Bonchev–Trinajstić information content (AvgIpc) is 2.74. The lowest BCUT2D eigenvalue weighted by Crippen LogP contribution is -2.31. The predicted octanol–water partition coefficient (Wildman–Crippen LogP) is 2.76. The Morgan fingerprint density at radius 3 is 2.86 bits per heavy atom. The van der Waals surface area contributed by atoms with Crippen LogP contribution in [0.1, 0.15) is 18.9 Å². The third kappa shape index (κ3) is 3.49. The first-order chi connectivity index (χ1) is 10.6. The van der Waals surface area contributed by atoms with Crippen LogP contribution < -0.4 is 10.1 Å². The SMILES string of the molecule is C#CCOc1ccc(/C=C2/NC(=O)N(CCC)C2=O)cc1Br. The second-order valence-corrected chi connectivity index (χ2v) is 5.48. The van der Waals surface area contributed by atoms with E-state index in [2.05, 4.69) is 27.2 Å². The summed E-state index contributed by atoms with van der Waals surface area (Å²) < 4.78 is 6.07. The summed E-state index contributed by atoms with van der Waals surface area (Å²) in [5, 5.41) is 2.58. The smallest absolute Gasteiger partial charge is 0.329 e. The van der Waals surface area contributed by atoms with E-state index < -0.39 is 0 Å².